The van der Waals surface area contributed by atoms with Crippen molar-refractivity contribution in [3.8, 4) is 0 Å². The zero-order valence-electron chi connectivity index (χ0n) is 16.8. The van der Waals surface area contributed by atoms with Crippen molar-refractivity contribution in [1.82, 2.24) is 0 Å². The summed E-state index contributed by atoms with van der Waals surface area (Å²) in [6, 6.07) is 28.0. The quantitative estimate of drug-likeness (QED) is 0.317. The summed E-state index contributed by atoms with van der Waals surface area (Å²) >= 11 is 12.2. The number of hydrogen-bond donors (Lipinski definition) is 1. The van der Waals surface area contributed by atoms with Crippen molar-refractivity contribution in [1.29, 1.82) is 0 Å². The van der Waals surface area contributed by atoms with Crippen molar-refractivity contribution in [3.05, 3.63) is 106 Å². The highest BCUT2D eigenvalue weighted by molar-refractivity contribution is 6.30. The van der Waals surface area contributed by atoms with E-state index in [2.05, 4.69) is 34.5 Å². The van der Waals surface area contributed by atoms with Gasteiger partial charge in [0.25, 0.3) is 0 Å². The molecule has 0 aromatic heterocycles. The average molecular weight is 444 g/mol. The van der Waals surface area contributed by atoms with Crippen LogP contribution in [0.3, 0.4) is 0 Å². The normalized spacial score (nSPS) is 12.7. The van der Waals surface area contributed by atoms with E-state index >= 15 is 0 Å². The van der Waals surface area contributed by atoms with Crippen LogP contribution in [0.5, 0.6) is 0 Å². The Morgan fingerprint density at radius 1 is 0.806 bits per heavy atom. The first-order valence-electron chi connectivity index (χ1n) is 9.99. The van der Waals surface area contributed by atoms with E-state index in [1.165, 1.54) is 0 Å². The van der Waals surface area contributed by atoms with Crippen molar-refractivity contribution >= 4 is 63.4 Å². The average Bonchev–Trinajstić information content (AvgIpc) is 2.79. The molecule has 1 aliphatic rings. The lowest BCUT2D eigenvalue weighted by atomic mass is 10.1. The van der Waals surface area contributed by atoms with Gasteiger partial charge in [0.2, 0.25) is 0 Å². The second-order valence-corrected chi connectivity index (χ2v) is 8.13. The minimum atomic E-state index is 0.712. The fraction of sp³-hybridized carbons (Fsp3) is 0.0385. The summed E-state index contributed by atoms with van der Waals surface area (Å²) in [6.07, 6.45) is 2.10. The van der Waals surface area contributed by atoms with Gasteiger partial charge in [0, 0.05) is 27.1 Å². The van der Waals surface area contributed by atoms with Crippen molar-refractivity contribution in [2.45, 2.75) is 6.92 Å². The topological polar surface area (TPSA) is 27.6 Å². The van der Waals surface area contributed by atoms with Gasteiger partial charge in [-0.15, -0.1) is 0 Å². The Balaban J connectivity index is 1.70. The lowest BCUT2D eigenvalue weighted by molar-refractivity contribution is 1.17. The summed E-state index contributed by atoms with van der Waals surface area (Å²) in [6.45, 7) is 2.04. The molecule has 0 atom stereocenters. The van der Waals surface area contributed by atoms with E-state index in [1.54, 1.807) is 0 Å². The number of nitrogens with zero attached hydrogens (tertiary/aromatic N) is 2. The molecule has 0 saturated heterocycles. The molecule has 4 aromatic carbocycles. The number of fused-ring (bicyclic) bond motifs is 2. The summed E-state index contributed by atoms with van der Waals surface area (Å²) < 4.78 is 0. The number of nitrogens with one attached hydrogen (secondary N) is 1. The molecule has 0 bridgehead atoms. The number of benzene rings is 4. The van der Waals surface area contributed by atoms with Crippen LogP contribution < -0.4 is 20.8 Å². The van der Waals surface area contributed by atoms with Crippen LogP contribution in [0.2, 0.25) is 10.0 Å². The maximum atomic E-state index is 6.15. The summed E-state index contributed by atoms with van der Waals surface area (Å²) in [5, 5.41) is 6.91. The van der Waals surface area contributed by atoms with Gasteiger partial charge in [-0.25, -0.2) is 4.99 Å². The molecule has 0 unspecified atom stereocenters. The third-order valence-electron chi connectivity index (χ3n) is 5.27. The minimum absolute atomic E-state index is 0.712. The highest BCUT2D eigenvalue weighted by Gasteiger charge is 2.21. The molecular formula is C26H19Cl2N3. The smallest absolute Gasteiger partial charge is 0.0899 e. The van der Waals surface area contributed by atoms with Crippen LogP contribution in [0.1, 0.15) is 6.92 Å². The van der Waals surface area contributed by atoms with Gasteiger partial charge in [0.05, 0.1) is 22.4 Å². The summed E-state index contributed by atoms with van der Waals surface area (Å²) in [5.41, 5.74) is 5.98. The van der Waals surface area contributed by atoms with Crippen molar-refractivity contribution in [3.63, 3.8) is 0 Å². The van der Waals surface area contributed by atoms with Crippen LogP contribution in [0, 0.1) is 0 Å². The Morgan fingerprint density at radius 2 is 1.48 bits per heavy atom. The van der Waals surface area contributed by atoms with E-state index in [9.17, 15) is 0 Å². The second-order valence-electron chi connectivity index (χ2n) is 7.26. The van der Waals surface area contributed by atoms with Gasteiger partial charge >= 0.3 is 0 Å². The summed E-state index contributed by atoms with van der Waals surface area (Å²) in [7, 11) is 0. The fourth-order valence-electron chi connectivity index (χ4n) is 3.77. The molecule has 0 spiro atoms. The number of hydrogen-bond acceptors (Lipinski definition) is 3. The van der Waals surface area contributed by atoms with Crippen LogP contribution in [-0.4, -0.2) is 0 Å². The van der Waals surface area contributed by atoms with Gasteiger partial charge in [-0.3, -0.25) is 0 Å². The maximum Gasteiger partial charge on any atom is 0.0899 e. The SMILES string of the molecule is CC=c1cc2c(cc1Nc1ccc(Cl)cc1)=Nc1ccccc1N2c1ccc(Cl)cc1. The van der Waals surface area contributed by atoms with Crippen LogP contribution in [-0.2, 0) is 0 Å². The minimum Gasteiger partial charge on any atom is -0.355 e. The molecule has 3 nitrogen and oxygen atoms in total. The zero-order chi connectivity index (χ0) is 21.4. The number of halogens is 2. The van der Waals surface area contributed by atoms with Crippen molar-refractivity contribution in [2.75, 3.05) is 10.2 Å². The zero-order valence-corrected chi connectivity index (χ0v) is 18.3. The van der Waals surface area contributed by atoms with Crippen LogP contribution in [0.25, 0.3) is 6.08 Å². The monoisotopic (exact) mass is 443 g/mol. The summed E-state index contributed by atoms with van der Waals surface area (Å²) in [4.78, 5) is 7.18. The Hall–Kier alpha value is -3.27. The first-order valence-corrected chi connectivity index (χ1v) is 10.7. The molecule has 152 valence electrons. The van der Waals surface area contributed by atoms with E-state index in [1.807, 2.05) is 73.7 Å². The van der Waals surface area contributed by atoms with Crippen LogP contribution >= 0.6 is 23.2 Å². The lowest BCUT2D eigenvalue weighted by Crippen LogP contribution is -2.26. The Morgan fingerprint density at radius 3 is 2.19 bits per heavy atom. The first kappa shape index (κ1) is 19.7. The Bertz CT molecular complexity index is 1380. The number of anilines is 5. The van der Waals surface area contributed by atoms with Gasteiger partial charge in [-0.05, 0) is 84.9 Å². The molecule has 1 aliphatic heterocycles. The van der Waals surface area contributed by atoms with Crippen LogP contribution in [0.15, 0.2) is 89.9 Å². The van der Waals surface area contributed by atoms with Gasteiger partial charge < -0.3 is 10.2 Å². The van der Waals surface area contributed by atoms with E-state index < -0.39 is 0 Å². The maximum absolute atomic E-state index is 6.15. The van der Waals surface area contributed by atoms with Gasteiger partial charge in [0.15, 0.2) is 0 Å². The standard InChI is InChI=1S/C26H19Cl2N3/c1-2-17-15-26-24(16-23(17)29-20-11-7-18(27)8-12-20)30-22-5-3-4-6-25(22)31(26)21-13-9-19(28)10-14-21/h2-16,29H,1H3. The number of rotatable bonds is 3. The molecule has 0 amide bonds. The van der Waals surface area contributed by atoms with Crippen molar-refractivity contribution < 1.29 is 0 Å². The third-order valence-corrected chi connectivity index (χ3v) is 5.77. The lowest BCUT2D eigenvalue weighted by Gasteiger charge is -2.30. The van der Waals surface area contributed by atoms with Crippen molar-refractivity contribution in [2.24, 2.45) is 4.99 Å². The molecule has 1 heterocycles. The third kappa shape index (κ3) is 3.78. The predicted molar refractivity (Wildman–Crippen MR) is 131 cm³/mol. The highest BCUT2D eigenvalue weighted by Crippen LogP contribution is 2.41. The molecule has 5 rings (SSSR count). The van der Waals surface area contributed by atoms with E-state index in [4.69, 9.17) is 28.2 Å². The number of para-hydroxylation sites is 2. The molecule has 0 radical (unpaired) electrons. The Labute approximate surface area is 190 Å². The second kappa shape index (κ2) is 8.10. The molecule has 0 aliphatic carbocycles. The van der Waals surface area contributed by atoms with Gasteiger partial charge in [0.1, 0.15) is 0 Å². The van der Waals surface area contributed by atoms with E-state index in [0.717, 1.165) is 44.7 Å². The fourth-order valence-corrected chi connectivity index (χ4v) is 4.03. The Kier molecular flexibility index (Phi) is 5.14. The largest absolute Gasteiger partial charge is 0.355 e. The van der Waals surface area contributed by atoms with Gasteiger partial charge in [-0.2, -0.15) is 0 Å². The first-order chi connectivity index (χ1) is 15.1. The predicted octanol–water partition coefficient (Wildman–Crippen LogP) is 7.27. The molecule has 1 N–H and O–H groups in total. The molecular weight excluding hydrogens is 425 g/mol. The highest BCUT2D eigenvalue weighted by atomic mass is 35.5. The van der Waals surface area contributed by atoms with Crippen LogP contribution in [0.4, 0.5) is 34.1 Å². The summed E-state index contributed by atoms with van der Waals surface area (Å²) in [5.74, 6) is 0. The van der Waals surface area contributed by atoms with E-state index in [0.29, 0.717) is 10.0 Å². The molecule has 5 heteroatoms. The van der Waals surface area contributed by atoms with E-state index in [-0.39, 0.29) is 0 Å². The molecule has 0 fully saturated rings. The molecule has 0 saturated carbocycles. The molecule has 31 heavy (non-hydrogen) atoms. The van der Waals surface area contributed by atoms with Gasteiger partial charge in [-0.1, -0.05) is 41.4 Å². The molecule has 4 aromatic rings.